The number of thioether (sulfide) groups is 1. The highest BCUT2D eigenvalue weighted by Crippen LogP contribution is 2.46. The maximum atomic E-state index is 13.9. The Morgan fingerprint density at radius 2 is 1.43 bits per heavy atom. The number of carbonyl (C=O) groups excluding carboxylic acids is 1. The summed E-state index contributed by atoms with van der Waals surface area (Å²) in [7, 11) is 3.75. The van der Waals surface area contributed by atoms with Crippen molar-refractivity contribution < 1.29 is 14.5 Å². The lowest BCUT2D eigenvalue weighted by Gasteiger charge is -2.32. The highest BCUT2D eigenvalue weighted by Gasteiger charge is 2.34. The van der Waals surface area contributed by atoms with E-state index in [1.54, 1.807) is 0 Å². The number of para-hydroxylation sites is 2. The molecular formula is C49H68N5O2S2+. The van der Waals surface area contributed by atoms with Crippen LogP contribution in [-0.4, -0.2) is 42.8 Å². The average Bonchev–Trinajstić information content (AvgIpc) is 3.90. The third-order valence-electron chi connectivity index (χ3n) is 11.7. The van der Waals surface area contributed by atoms with Gasteiger partial charge >= 0.3 is 0 Å². The van der Waals surface area contributed by atoms with E-state index >= 15 is 0 Å². The molecule has 6 rings (SSSR count). The number of allylic oxidation sites excluding steroid dienone is 5. The van der Waals surface area contributed by atoms with E-state index in [9.17, 15) is 9.90 Å². The van der Waals surface area contributed by atoms with Crippen LogP contribution < -0.4 is 20.1 Å². The number of carbonyl (C=O) groups is 1. The Bertz CT molecular complexity index is 1990. The standard InChI is InChI=1S/C49H67N5O2S2/c1-5-7-9-11-13-15-17-23-35-53-39-25-19-21-27-41(39)57-43(53)33-31-37-29-30-38(45(37)46-47(55)50-49(52(3)4)51-48(46)56)32-34-44-54(40-26-20-22-28-42(40)58-44)36-24-18-16-14-12-10-8-6-2/h19-22,25-28,31-34,49H,5-18,23-24,29-30,35-36H2,1-4H3,(H2,50,51,55,56)/p+1/b37-31+,43-33-. The number of benzene rings is 2. The van der Waals surface area contributed by atoms with Gasteiger partial charge in [0, 0.05) is 30.0 Å². The third kappa shape index (κ3) is 11.5. The molecule has 2 aliphatic heterocycles. The van der Waals surface area contributed by atoms with E-state index in [1.165, 1.54) is 121 Å². The van der Waals surface area contributed by atoms with Crippen LogP contribution >= 0.6 is 23.1 Å². The Labute approximate surface area is 357 Å². The van der Waals surface area contributed by atoms with Gasteiger partial charge in [0.1, 0.15) is 10.3 Å². The zero-order chi connectivity index (χ0) is 40.7. The molecule has 0 spiro atoms. The number of nitrogens with zero attached hydrogens (tertiary/aromatic N) is 3. The summed E-state index contributed by atoms with van der Waals surface area (Å²) in [6.07, 6.45) is 30.7. The average molecular weight is 823 g/mol. The fraction of sp³-hybridized carbons (Fsp3) is 0.510. The lowest BCUT2D eigenvalue weighted by Crippen LogP contribution is -2.57. The number of fused-ring (bicyclic) bond motifs is 2. The molecule has 0 bridgehead atoms. The van der Waals surface area contributed by atoms with Crippen molar-refractivity contribution in [2.75, 3.05) is 25.5 Å². The van der Waals surface area contributed by atoms with E-state index in [-0.39, 0.29) is 11.8 Å². The Balaban J connectivity index is 1.27. The fourth-order valence-electron chi connectivity index (χ4n) is 8.38. The van der Waals surface area contributed by atoms with Gasteiger partial charge in [-0.1, -0.05) is 157 Å². The van der Waals surface area contributed by atoms with E-state index in [2.05, 4.69) is 107 Å². The molecule has 1 atom stereocenters. The molecule has 1 unspecified atom stereocenters. The number of aliphatic hydroxyl groups is 1. The number of aryl methyl sites for hydroxylation is 1. The molecule has 0 saturated carbocycles. The van der Waals surface area contributed by atoms with Gasteiger partial charge in [0.15, 0.2) is 12.8 Å². The first-order valence-electron chi connectivity index (χ1n) is 22.3. The predicted octanol–water partition coefficient (Wildman–Crippen LogP) is 12.3. The number of hydrogen-bond acceptors (Lipinski definition) is 7. The molecule has 0 radical (unpaired) electrons. The second kappa shape index (κ2) is 22.5. The van der Waals surface area contributed by atoms with Gasteiger partial charge in [-0.2, -0.15) is 4.57 Å². The van der Waals surface area contributed by atoms with Crippen LogP contribution in [0.1, 0.15) is 134 Å². The second-order valence-corrected chi connectivity index (χ2v) is 18.5. The topological polar surface area (TPSA) is 71.7 Å². The van der Waals surface area contributed by atoms with Crippen LogP contribution in [0, 0.1) is 0 Å². The van der Waals surface area contributed by atoms with E-state index in [1.807, 2.05) is 42.1 Å². The van der Waals surface area contributed by atoms with Crippen LogP contribution in [0.4, 0.5) is 5.69 Å². The number of amides is 1. The van der Waals surface area contributed by atoms with Crippen LogP contribution in [0.5, 0.6) is 0 Å². The summed E-state index contributed by atoms with van der Waals surface area (Å²) in [6, 6.07) is 17.4. The van der Waals surface area contributed by atoms with Gasteiger partial charge in [0.25, 0.3) is 10.9 Å². The first kappa shape index (κ1) is 43.8. The van der Waals surface area contributed by atoms with Crippen molar-refractivity contribution in [2.24, 2.45) is 0 Å². The molecular weight excluding hydrogens is 755 g/mol. The molecule has 1 aromatic heterocycles. The Hall–Kier alpha value is -3.79. The molecule has 3 heterocycles. The molecule has 2 aromatic carbocycles. The van der Waals surface area contributed by atoms with E-state index in [0.29, 0.717) is 5.57 Å². The minimum atomic E-state index is -0.487. The van der Waals surface area contributed by atoms with Crippen LogP contribution in [-0.2, 0) is 11.3 Å². The molecule has 3 N–H and O–H groups in total. The van der Waals surface area contributed by atoms with Gasteiger partial charge < -0.3 is 20.6 Å². The number of unbranched alkanes of at least 4 members (excludes halogenated alkanes) is 14. The van der Waals surface area contributed by atoms with Gasteiger partial charge in [-0.05, 0) is 80.8 Å². The number of aliphatic hydroxyl groups excluding tert-OH is 1. The Morgan fingerprint density at radius 1 is 0.776 bits per heavy atom. The molecule has 312 valence electrons. The number of thiazole rings is 1. The van der Waals surface area contributed by atoms with Crippen molar-refractivity contribution >= 4 is 51.0 Å². The van der Waals surface area contributed by atoms with Crippen molar-refractivity contribution in [3.8, 4) is 0 Å². The lowest BCUT2D eigenvalue weighted by molar-refractivity contribution is -0.669. The molecule has 9 heteroatoms. The monoisotopic (exact) mass is 822 g/mol. The van der Waals surface area contributed by atoms with Crippen molar-refractivity contribution in [1.29, 1.82) is 0 Å². The summed E-state index contributed by atoms with van der Waals surface area (Å²) in [5, 5.41) is 20.1. The second-order valence-electron chi connectivity index (χ2n) is 16.4. The summed E-state index contributed by atoms with van der Waals surface area (Å²) >= 11 is 3.65. The first-order chi connectivity index (χ1) is 28.4. The number of rotatable bonds is 23. The quantitative estimate of drug-likeness (QED) is 0.0654. The molecule has 0 saturated heterocycles. The van der Waals surface area contributed by atoms with Crippen molar-refractivity contribution in [2.45, 2.75) is 147 Å². The van der Waals surface area contributed by atoms with Gasteiger partial charge in [-0.3, -0.25) is 9.69 Å². The Kier molecular flexibility index (Phi) is 17.0. The summed E-state index contributed by atoms with van der Waals surface area (Å²) < 4.78 is 3.76. The number of aromatic nitrogens is 1. The van der Waals surface area contributed by atoms with E-state index < -0.39 is 6.29 Å². The minimum Gasteiger partial charge on any atom is -0.494 e. The summed E-state index contributed by atoms with van der Waals surface area (Å²) in [5.41, 5.74) is 5.85. The van der Waals surface area contributed by atoms with Crippen LogP contribution in [0.25, 0.3) is 16.3 Å². The highest BCUT2D eigenvalue weighted by molar-refractivity contribution is 8.03. The van der Waals surface area contributed by atoms with Crippen LogP contribution in [0.2, 0.25) is 0 Å². The summed E-state index contributed by atoms with van der Waals surface area (Å²) in [6.45, 7) is 6.53. The molecule has 1 amide bonds. The maximum Gasteiger partial charge on any atom is 0.262 e. The summed E-state index contributed by atoms with van der Waals surface area (Å²) in [4.78, 5) is 19.5. The normalized spacial score (nSPS) is 18.5. The molecule has 3 aromatic rings. The van der Waals surface area contributed by atoms with Gasteiger partial charge in [0.2, 0.25) is 11.4 Å². The smallest absolute Gasteiger partial charge is 0.262 e. The first-order valence-corrected chi connectivity index (χ1v) is 24.0. The molecule has 1 aliphatic carbocycles. The van der Waals surface area contributed by atoms with Gasteiger partial charge in [0.05, 0.1) is 10.7 Å². The zero-order valence-corrected chi connectivity index (χ0v) is 37.3. The summed E-state index contributed by atoms with van der Waals surface area (Å²) in [5.74, 6) is -0.337. The van der Waals surface area contributed by atoms with Crippen LogP contribution in [0.3, 0.4) is 0 Å². The number of anilines is 1. The van der Waals surface area contributed by atoms with E-state index in [0.717, 1.165) is 55.5 Å². The van der Waals surface area contributed by atoms with Crippen molar-refractivity contribution in [3.63, 3.8) is 0 Å². The Morgan fingerprint density at radius 3 is 2.14 bits per heavy atom. The molecule has 3 aliphatic rings. The zero-order valence-electron chi connectivity index (χ0n) is 35.7. The van der Waals surface area contributed by atoms with Crippen molar-refractivity contribution in [1.82, 2.24) is 15.5 Å². The highest BCUT2D eigenvalue weighted by atomic mass is 32.2. The maximum absolute atomic E-state index is 13.9. The third-order valence-corrected chi connectivity index (χ3v) is 13.9. The lowest BCUT2D eigenvalue weighted by atomic mass is 9.96. The van der Waals surface area contributed by atoms with Gasteiger partial charge in [-0.15, -0.1) is 0 Å². The largest absolute Gasteiger partial charge is 0.494 e. The minimum absolute atomic E-state index is 0.0746. The molecule has 58 heavy (non-hydrogen) atoms. The van der Waals surface area contributed by atoms with Gasteiger partial charge in [-0.25, -0.2) is 0 Å². The fourth-order valence-corrected chi connectivity index (χ4v) is 10.6. The van der Waals surface area contributed by atoms with E-state index in [4.69, 9.17) is 0 Å². The van der Waals surface area contributed by atoms with Crippen LogP contribution in [0.15, 0.2) is 105 Å². The number of hydrogen-bond donors (Lipinski definition) is 3. The number of nitrogens with one attached hydrogen (secondary N) is 2. The predicted molar refractivity (Wildman–Crippen MR) is 247 cm³/mol. The SMILES string of the molecule is CCCCCCCCCCN1/C(=C/C=C2\CCC(/C=C/c3sc4ccccc4[n+]3CCCCCCCCCC)=C2C2=C(O)NC(N(C)C)NC2=O)Sc2ccccc21. The molecule has 7 nitrogen and oxygen atoms in total. The molecule has 0 fully saturated rings. The van der Waals surface area contributed by atoms with Crippen molar-refractivity contribution in [3.05, 3.63) is 105 Å².